The van der Waals surface area contributed by atoms with Crippen molar-refractivity contribution in [3.05, 3.63) is 11.6 Å². The van der Waals surface area contributed by atoms with Crippen molar-refractivity contribution in [3.8, 4) is 0 Å². The number of hydrogen-bond donors (Lipinski definition) is 5. The van der Waals surface area contributed by atoms with E-state index in [4.69, 9.17) is 14.2 Å². The fourth-order valence-electron chi connectivity index (χ4n) is 9.75. The molecule has 2 heterocycles. The van der Waals surface area contributed by atoms with Crippen LogP contribution in [0.15, 0.2) is 11.6 Å². The van der Waals surface area contributed by atoms with E-state index in [0.29, 0.717) is 44.9 Å². The molecule has 10 nitrogen and oxygen atoms in total. The third-order valence-corrected chi connectivity index (χ3v) is 12.0. The summed E-state index contributed by atoms with van der Waals surface area (Å²) in [6.45, 7) is 3.98. The van der Waals surface area contributed by atoms with Gasteiger partial charge in [0.15, 0.2) is 6.29 Å². The van der Waals surface area contributed by atoms with Gasteiger partial charge < -0.3 is 44.5 Å². The van der Waals surface area contributed by atoms with Crippen LogP contribution in [0.25, 0.3) is 0 Å². The number of hydrogen-bond acceptors (Lipinski definition) is 10. The number of aliphatic hydroxyl groups is 5. The third kappa shape index (κ3) is 3.78. The van der Waals surface area contributed by atoms with E-state index in [9.17, 15) is 35.1 Å². The van der Waals surface area contributed by atoms with Crippen molar-refractivity contribution < 1.29 is 49.3 Å². The first-order valence-electron chi connectivity index (χ1n) is 14.5. The molecule has 2 aliphatic heterocycles. The lowest BCUT2D eigenvalue weighted by molar-refractivity contribution is -0.317. The molecule has 0 aromatic heterocycles. The second kappa shape index (κ2) is 9.31. The van der Waals surface area contributed by atoms with E-state index < -0.39 is 58.8 Å². The molecule has 218 valence electrons. The monoisotopic (exact) mass is 550 g/mol. The van der Waals surface area contributed by atoms with E-state index in [1.807, 2.05) is 0 Å². The molecular formula is C29H42O10. The van der Waals surface area contributed by atoms with Gasteiger partial charge in [-0.3, -0.25) is 0 Å². The molecule has 8 unspecified atom stereocenters. The highest BCUT2D eigenvalue weighted by atomic mass is 16.7. The largest absolute Gasteiger partial charge is 0.458 e. The van der Waals surface area contributed by atoms with Crippen LogP contribution in [0.5, 0.6) is 0 Å². The average Bonchev–Trinajstić information content (AvgIpc) is 3.45. The third-order valence-electron chi connectivity index (χ3n) is 12.0. The van der Waals surface area contributed by atoms with Crippen LogP contribution < -0.4 is 0 Å². The molecule has 0 bridgehead atoms. The van der Waals surface area contributed by atoms with Crippen LogP contribution >= 0.6 is 0 Å². The molecule has 39 heavy (non-hydrogen) atoms. The van der Waals surface area contributed by atoms with Gasteiger partial charge in [-0.05, 0) is 81.6 Å². The normalized spacial score (nSPS) is 55.2. The zero-order valence-corrected chi connectivity index (χ0v) is 22.7. The molecule has 0 spiro atoms. The van der Waals surface area contributed by atoms with E-state index in [2.05, 4.69) is 6.92 Å². The van der Waals surface area contributed by atoms with Crippen molar-refractivity contribution in [3.63, 3.8) is 0 Å². The molecule has 0 radical (unpaired) electrons. The van der Waals surface area contributed by atoms with Gasteiger partial charge in [0, 0.05) is 17.9 Å². The number of aliphatic hydroxyl groups excluding tert-OH is 3. The van der Waals surface area contributed by atoms with Gasteiger partial charge in [-0.1, -0.05) is 6.92 Å². The zero-order valence-electron chi connectivity index (χ0n) is 22.7. The van der Waals surface area contributed by atoms with E-state index >= 15 is 0 Å². The summed E-state index contributed by atoms with van der Waals surface area (Å²) in [5.41, 5.74) is -2.86. The topological polar surface area (TPSA) is 163 Å². The summed E-state index contributed by atoms with van der Waals surface area (Å²) >= 11 is 0. The molecule has 13 atom stereocenters. The fourth-order valence-corrected chi connectivity index (χ4v) is 9.75. The van der Waals surface area contributed by atoms with Gasteiger partial charge in [0.05, 0.1) is 28.8 Å². The standard InChI is InChI=1S/C29H42O10/c1-15-22(32)23(33)24(34)25(38-15)39-17-3-8-27(14-30)19-4-7-26(2)18(16-11-21(31)37-13-16)6-10-29(26,36)20(19)5-9-28(27,35)12-17/h11,14-15,17-20,22-25,32-36H,3-10,12-13H2,1-2H3/t15?,17?,18?,19?,20?,22?,23?,24?,25-,26+,27+,28-,29+/m0/s1. The number of aldehydes is 1. The Morgan fingerprint density at radius 3 is 2.41 bits per heavy atom. The fraction of sp³-hybridized carbons (Fsp3) is 0.862. The van der Waals surface area contributed by atoms with Crippen molar-refractivity contribution in [1.82, 2.24) is 0 Å². The van der Waals surface area contributed by atoms with Crippen molar-refractivity contribution in [1.29, 1.82) is 0 Å². The summed E-state index contributed by atoms with van der Waals surface area (Å²) in [6.07, 6.45) is 0.689. The van der Waals surface area contributed by atoms with Gasteiger partial charge in [-0.2, -0.15) is 0 Å². The second-order valence-electron chi connectivity index (χ2n) is 13.4. The summed E-state index contributed by atoms with van der Waals surface area (Å²) in [7, 11) is 0. The molecule has 10 heteroatoms. The second-order valence-corrected chi connectivity index (χ2v) is 13.4. The Kier molecular flexibility index (Phi) is 6.62. The molecule has 5 fully saturated rings. The highest BCUT2D eigenvalue weighted by molar-refractivity contribution is 5.85. The van der Waals surface area contributed by atoms with E-state index in [-0.39, 0.29) is 36.8 Å². The maximum Gasteiger partial charge on any atom is 0.331 e. The highest BCUT2D eigenvalue weighted by Crippen LogP contribution is 2.70. The van der Waals surface area contributed by atoms with Gasteiger partial charge >= 0.3 is 5.97 Å². The Balaban J connectivity index is 1.22. The number of cyclic esters (lactones) is 1. The zero-order chi connectivity index (χ0) is 28.0. The van der Waals surface area contributed by atoms with Crippen LogP contribution in [-0.2, 0) is 23.8 Å². The molecule has 4 saturated carbocycles. The maximum atomic E-state index is 13.0. The number of ether oxygens (including phenoxy) is 3. The Morgan fingerprint density at radius 1 is 0.974 bits per heavy atom. The molecule has 1 saturated heterocycles. The minimum atomic E-state index is -1.43. The van der Waals surface area contributed by atoms with Crippen molar-refractivity contribution in [2.45, 2.75) is 120 Å². The number of rotatable bonds is 4. The molecule has 0 aromatic carbocycles. The lowest BCUT2D eigenvalue weighted by Gasteiger charge is -2.65. The Bertz CT molecular complexity index is 1050. The first kappa shape index (κ1) is 27.8. The quantitative estimate of drug-likeness (QED) is 0.192. The summed E-state index contributed by atoms with van der Waals surface area (Å²) in [4.78, 5) is 24.8. The van der Waals surface area contributed by atoms with Gasteiger partial charge in [0.1, 0.15) is 31.2 Å². The average molecular weight is 551 g/mol. The predicted octanol–water partition coefficient (Wildman–Crippen LogP) is 0.750. The van der Waals surface area contributed by atoms with Gasteiger partial charge in [-0.15, -0.1) is 0 Å². The van der Waals surface area contributed by atoms with Crippen molar-refractivity contribution in [2.24, 2.45) is 28.6 Å². The van der Waals surface area contributed by atoms with Gasteiger partial charge in [0.25, 0.3) is 0 Å². The summed E-state index contributed by atoms with van der Waals surface area (Å²) in [6, 6.07) is 0. The van der Waals surface area contributed by atoms with Crippen molar-refractivity contribution in [2.75, 3.05) is 6.61 Å². The summed E-state index contributed by atoms with van der Waals surface area (Å²) in [5, 5.41) is 55.0. The Labute approximate surface area is 228 Å². The number of carbonyl (C=O) groups is 2. The van der Waals surface area contributed by atoms with Crippen LogP contribution in [0.2, 0.25) is 0 Å². The molecule has 0 aromatic rings. The predicted molar refractivity (Wildman–Crippen MR) is 135 cm³/mol. The minimum Gasteiger partial charge on any atom is -0.458 e. The summed E-state index contributed by atoms with van der Waals surface area (Å²) in [5.74, 6) is -0.616. The lowest BCUT2D eigenvalue weighted by atomic mass is 9.41. The van der Waals surface area contributed by atoms with E-state index in [1.54, 1.807) is 13.0 Å². The minimum absolute atomic E-state index is 0.0465. The molecule has 5 N–H and O–H groups in total. The number of esters is 1. The van der Waals surface area contributed by atoms with Crippen LogP contribution in [0.1, 0.15) is 71.6 Å². The van der Waals surface area contributed by atoms with Crippen LogP contribution in [0.3, 0.4) is 0 Å². The smallest absolute Gasteiger partial charge is 0.331 e. The van der Waals surface area contributed by atoms with E-state index in [1.165, 1.54) is 0 Å². The van der Waals surface area contributed by atoms with Crippen LogP contribution in [0.4, 0.5) is 0 Å². The molecule has 0 amide bonds. The molecule has 6 aliphatic rings. The number of fused-ring (bicyclic) bond motifs is 5. The summed E-state index contributed by atoms with van der Waals surface area (Å²) < 4.78 is 16.9. The molecular weight excluding hydrogens is 508 g/mol. The maximum absolute atomic E-state index is 13.0. The number of carbonyl (C=O) groups excluding carboxylic acids is 2. The Morgan fingerprint density at radius 2 is 1.72 bits per heavy atom. The van der Waals surface area contributed by atoms with Crippen molar-refractivity contribution >= 4 is 12.3 Å². The highest BCUT2D eigenvalue weighted by Gasteiger charge is 2.71. The first-order valence-corrected chi connectivity index (χ1v) is 14.5. The molecule has 4 aliphatic carbocycles. The van der Waals surface area contributed by atoms with E-state index in [0.717, 1.165) is 18.3 Å². The van der Waals surface area contributed by atoms with Gasteiger partial charge in [0.2, 0.25) is 0 Å². The van der Waals surface area contributed by atoms with Crippen LogP contribution in [0, 0.1) is 28.6 Å². The first-order chi connectivity index (χ1) is 18.4. The SMILES string of the molecule is CC1O[C@@H](OC2CC[C@@]3(C=O)C4CC[C@]5(C)C(C6=CC(=O)OC6)CC[C@@]5(O)C4CC[C@]3(O)C2)C(O)C(O)C1O. The van der Waals surface area contributed by atoms with Crippen LogP contribution in [-0.4, -0.2) is 92.4 Å². The Hall–Kier alpha value is -1.40. The molecule has 6 rings (SSSR count). The lowest BCUT2D eigenvalue weighted by Crippen LogP contribution is -2.69. The van der Waals surface area contributed by atoms with Gasteiger partial charge in [-0.25, -0.2) is 4.79 Å².